The highest BCUT2D eigenvalue weighted by molar-refractivity contribution is 5.74. The first-order valence-corrected chi connectivity index (χ1v) is 3.04. The fraction of sp³-hybridized carbons (Fsp3) is 0.667. The maximum Gasteiger partial charge on any atom is 0.320 e. The van der Waals surface area contributed by atoms with Crippen LogP contribution in [0.25, 0.3) is 0 Å². The van der Waals surface area contributed by atoms with Crippen LogP contribution in [0.4, 0.5) is 0 Å². The Hall–Kier alpha value is -1.30. The molecule has 0 saturated heterocycles. The lowest BCUT2D eigenvalue weighted by Crippen LogP contribution is -2.34. The van der Waals surface area contributed by atoms with Crippen LogP contribution >= 0.6 is 0 Å². The minimum Gasteiger partial charge on any atom is -0.480 e. The van der Waals surface area contributed by atoms with E-state index in [0.29, 0.717) is 0 Å². The van der Waals surface area contributed by atoms with Crippen molar-refractivity contribution < 1.29 is 15.4 Å². The number of nitrogens with one attached hydrogen (secondary N) is 2. The van der Waals surface area contributed by atoms with Crippen LogP contribution in [0, 0.1) is 5.41 Å². The molecule has 0 aliphatic rings. The molecule has 0 saturated carbocycles. The number of carboxylic acid groups (broad SMARTS) is 1. The molecule has 6 heteroatoms. The summed E-state index contributed by atoms with van der Waals surface area (Å²) in [7, 11) is 0. The van der Waals surface area contributed by atoms with Gasteiger partial charge in [0.25, 0.3) is 0 Å². The summed E-state index contributed by atoms with van der Waals surface area (Å²) in [5, 5.41) is 17.3. The summed E-state index contributed by atoms with van der Waals surface area (Å²) in [6.45, 7) is -1.74. The summed E-state index contributed by atoms with van der Waals surface area (Å²) >= 11 is 0. The quantitative estimate of drug-likeness (QED) is 0.263. The van der Waals surface area contributed by atoms with Crippen LogP contribution in [0.1, 0.15) is 18.3 Å². The first-order valence-electron chi connectivity index (χ1n) is 5.19. The molecule has 12 heavy (non-hydrogen) atoms. The molecule has 0 amide bonds. The molecule has 0 bridgehead atoms. The van der Waals surface area contributed by atoms with Crippen LogP contribution in [-0.4, -0.2) is 29.6 Å². The molecule has 0 aliphatic carbocycles. The second kappa shape index (κ2) is 5.36. The van der Waals surface area contributed by atoms with Gasteiger partial charge in [0.05, 0.1) is 0 Å². The molecule has 0 aromatic carbocycles. The van der Waals surface area contributed by atoms with Gasteiger partial charge in [0.2, 0.25) is 0 Å². The number of hydrogen-bond donors (Lipinski definition) is 5. The van der Waals surface area contributed by atoms with Gasteiger partial charge in [-0.2, -0.15) is 0 Å². The number of guanidine groups is 1. The number of rotatable bonds is 5. The fourth-order valence-corrected chi connectivity index (χ4v) is 0.342. The summed E-state index contributed by atoms with van der Waals surface area (Å²) in [6, 6.07) is -1.75. The van der Waals surface area contributed by atoms with Gasteiger partial charge in [-0.3, -0.25) is 10.2 Å². The Labute approximate surface area is 76.1 Å². The van der Waals surface area contributed by atoms with Crippen LogP contribution in [0.3, 0.4) is 0 Å². The highest BCUT2D eigenvalue weighted by Crippen LogP contribution is 1.92. The first-order chi connectivity index (χ1) is 7.10. The predicted octanol–water partition coefficient (Wildman–Crippen LogP) is -1.34. The van der Waals surface area contributed by atoms with E-state index in [0.717, 1.165) is 0 Å². The molecule has 3 atom stereocenters. The maximum absolute atomic E-state index is 10.5. The van der Waals surface area contributed by atoms with E-state index < -0.39 is 37.3 Å². The van der Waals surface area contributed by atoms with Crippen molar-refractivity contribution in [3.05, 3.63) is 0 Å². The molecular formula is C6H14N4O2. The SMILES string of the molecule is [2H][C@@H](NC(=N)N)C([2H])([2H])[C@@H]([2H])[C@H](N)C(=O)O. The third-order valence-corrected chi connectivity index (χ3v) is 0.872. The van der Waals surface area contributed by atoms with Gasteiger partial charge in [-0.1, -0.05) is 0 Å². The molecule has 0 unspecified atom stereocenters. The molecule has 0 spiro atoms. The Bertz CT molecular complexity index is 288. The van der Waals surface area contributed by atoms with E-state index in [2.05, 4.69) is 0 Å². The second-order valence-corrected chi connectivity index (χ2v) is 1.90. The Morgan fingerprint density at radius 2 is 2.42 bits per heavy atom. The third-order valence-electron chi connectivity index (χ3n) is 0.872. The Kier molecular flexibility index (Phi) is 2.40. The van der Waals surface area contributed by atoms with Crippen LogP contribution in [0.2, 0.25) is 0 Å². The molecule has 0 aromatic rings. The summed E-state index contributed by atoms with van der Waals surface area (Å²) in [5.74, 6) is -2.17. The lowest BCUT2D eigenvalue weighted by molar-refractivity contribution is -0.138. The van der Waals surface area contributed by atoms with E-state index in [9.17, 15) is 4.79 Å². The number of carbonyl (C=O) groups is 1. The molecule has 0 fully saturated rings. The van der Waals surface area contributed by atoms with Gasteiger partial charge >= 0.3 is 5.97 Å². The van der Waals surface area contributed by atoms with E-state index in [-0.39, 0.29) is 0 Å². The number of hydrogen-bond acceptors (Lipinski definition) is 3. The Morgan fingerprint density at radius 3 is 2.83 bits per heavy atom. The van der Waals surface area contributed by atoms with Crippen LogP contribution < -0.4 is 16.8 Å². The second-order valence-electron chi connectivity index (χ2n) is 1.90. The smallest absolute Gasteiger partial charge is 0.320 e. The van der Waals surface area contributed by atoms with Crippen LogP contribution in [0.5, 0.6) is 0 Å². The van der Waals surface area contributed by atoms with E-state index >= 15 is 0 Å². The first kappa shape index (κ1) is 5.36. The topological polar surface area (TPSA) is 125 Å². The highest BCUT2D eigenvalue weighted by atomic mass is 16.4. The van der Waals surface area contributed by atoms with Gasteiger partial charge in [0.15, 0.2) is 5.96 Å². The average molecular weight is 178 g/mol. The van der Waals surface area contributed by atoms with Crippen molar-refractivity contribution in [3.63, 3.8) is 0 Å². The predicted molar refractivity (Wildman–Crippen MR) is 44.8 cm³/mol. The monoisotopic (exact) mass is 178 g/mol. The standard InChI is InChI=1S/C6H14N4O2/c7-4(5(11)12)2-1-3-10-6(8)9/h4H,1-3,7H2,(H,11,12)(H4,8,9,10)/t4-/m0/s1/i1D2,2D,3D/t2-,3-,4+/m1. The Balaban J connectivity index is 4.75. The highest BCUT2D eigenvalue weighted by Gasteiger charge is 2.09. The minimum atomic E-state index is -2.55. The van der Waals surface area contributed by atoms with E-state index in [1.165, 1.54) is 0 Å². The molecule has 0 rings (SSSR count). The zero-order valence-corrected chi connectivity index (χ0v) is 6.24. The van der Waals surface area contributed by atoms with Crippen molar-refractivity contribution in [1.29, 1.82) is 5.41 Å². The molecule has 0 heterocycles. The lowest BCUT2D eigenvalue weighted by atomic mass is 10.2. The van der Waals surface area contributed by atoms with Gasteiger partial charge < -0.3 is 21.9 Å². The van der Waals surface area contributed by atoms with Crippen LogP contribution in [-0.2, 0) is 4.79 Å². The molecule has 70 valence electrons. The van der Waals surface area contributed by atoms with Crippen molar-refractivity contribution in [1.82, 2.24) is 5.32 Å². The van der Waals surface area contributed by atoms with Crippen molar-refractivity contribution in [2.75, 3.05) is 6.52 Å². The summed E-state index contributed by atoms with van der Waals surface area (Å²) in [6.07, 6.45) is -4.40. The third kappa shape index (κ3) is 5.48. The lowest BCUT2D eigenvalue weighted by Gasteiger charge is -2.06. The number of nitrogens with two attached hydrogens (primary N) is 2. The van der Waals surface area contributed by atoms with Gasteiger partial charge in [-0.25, -0.2) is 0 Å². The van der Waals surface area contributed by atoms with Gasteiger partial charge in [-0.05, 0) is 12.8 Å². The van der Waals surface area contributed by atoms with Crippen molar-refractivity contribution in [3.8, 4) is 0 Å². The summed E-state index contributed by atoms with van der Waals surface area (Å²) < 4.78 is 29.4. The zero-order valence-electron chi connectivity index (χ0n) is 10.2. The molecule has 0 aliphatic heterocycles. The minimum absolute atomic E-state index is 0.639. The molecule has 0 aromatic heterocycles. The zero-order chi connectivity index (χ0) is 13.1. The molecular weight excluding hydrogens is 160 g/mol. The molecule has 0 radical (unpaired) electrons. The van der Waals surface area contributed by atoms with E-state index in [1.54, 1.807) is 0 Å². The summed E-state index contributed by atoms with van der Waals surface area (Å²) in [4.78, 5) is 10.5. The largest absolute Gasteiger partial charge is 0.480 e. The molecule has 7 N–H and O–H groups in total. The molecule has 6 nitrogen and oxygen atoms in total. The Morgan fingerprint density at radius 1 is 1.83 bits per heavy atom. The normalized spacial score (nSPS) is 23.4. The van der Waals surface area contributed by atoms with Crippen LogP contribution in [0.15, 0.2) is 0 Å². The van der Waals surface area contributed by atoms with E-state index in [4.69, 9.17) is 27.5 Å². The van der Waals surface area contributed by atoms with Crippen molar-refractivity contribution in [2.45, 2.75) is 18.8 Å². The van der Waals surface area contributed by atoms with Gasteiger partial charge in [0.1, 0.15) is 6.04 Å². The maximum atomic E-state index is 10.5. The van der Waals surface area contributed by atoms with Crippen molar-refractivity contribution >= 4 is 11.9 Å². The number of aliphatic carboxylic acids is 1. The summed E-state index contributed by atoms with van der Waals surface area (Å²) in [5.41, 5.74) is 9.99. The van der Waals surface area contributed by atoms with Gasteiger partial charge in [0, 0.05) is 12.0 Å². The van der Waals surface area contributed by atoms with Gasteiger partial charge in [-0.15, -0.1) is 0 Å². The fourth-order valence-electron chi connectivity index (χ4n) is 0.342. The van der Waals surface area contributed by atoms with E-state index in [1.807, 2.05) is 5.32 Å². The number of carboxylic acids is 1. The average Bonchev–Trinajstić information content (AvgIpc) is 2.14. The van der Waals surface area contributed by atoms with Crippen molar-refractivity contribution in [2.24, 2.45) is 11.5 Å².